The number of ether oxygens (including phenoxy) is 1. The van der Waals surface area contributed by atoms with E-state index in [-0.39, 0.29) is 0 Å². The van der Waals surface area contributed by atoms with Gasteiger partial charge in [0.1, 0.15) is 6.33 Å². The van der Waals surface area contributed by atoms with Crippen LogP contribution in [0.2, 0.25) is 0 Å². The molecule has 33 heavy (non-hydrogen) atoms. The highest BCUT2D eigenvalue weighted by Crippen LogP contribution is 2.25. The molecular formula is C24H22N8O. The average molecular weight is 438 g/mol. The highest BCUT2D eigenvalue weighted by molar-refractivity contribution is 5.87. The van der Waals surface area contributed by atoms with Crippen molar-refractivity contribution in [2.45, 2.75) is 6.92 Å². The van der Waals surface area contributed by atoms with Gasteiger partial charge in [-0.3, -0.25) is 9.99 Å². The molecule has 4 aromatic rings. The summed E-state index contributed by atoms with van der Waals surface area (Å²) in [4.78, 5) is 16.2. The molecule has 2 aromatic heterocycles. The molecule has 0 saturated carbocycles. The van der Waals surface area contributed by atoms with E-state index in [1.54, 1.807) is 24.7 Å². The van der Waals surface area contributed by atoms with Crippen LogP contribution in [-0.2, 0) is 4.74 Å². The lowest BCUT2D eigenvalue weighted by Gasteiger charge is -2.27. The standard InChI is InChI=1S/C24H22N8O/c1-17-4-2-6-19(12-17)15-27-30-22-21-23(29-24(28-22)31-8-10-33-11-9-31)32(16-26-21)20-7-3-5-18(13-20)14-25/h2-7,12-13,15-16H,8-11H2,1H3,(H,28,29,30)/b27-15+. The monoisotopic (exact) mass is 438 g/mol. The van der Waals surface area contributed by atoms with E-state index in [0.717, 1.165) is 16.8 Å². The Morgan fingerprint density at radius 3 is 2.79 bits per heavy atom. The van der Waals surface area contributed by atoms with Crippen LogP contribution >= 0.6 is 0 Å². The van der Waals surface area contributed by atoms with Crippen molar-refractivity contribution in [2.24, 2.45) is 5.10 Å². The molecule has 0 radical (unpaired) electrons. The van der Waals surface area contributed by atoms with E-state index in [1.165, 1.54) is 0 Å². The van der Waals surface area contributed by atoms with Crippen molar-refractivity contribution in [1.82, 2.24) is 19.5 Å². The Labute approximate surface area is 191 Å². The van der Waals surface area contributed by atoms with Crippen molar-refractivity contribution in [3.05, 3.63) is 71.5 Å². The van der Waals surface area contributed by atoms with Crippen molar-refractivity contribution in [2.75, 3.05) is 36.6 Å². The van der Waals surface area contributed by atoms with Crippen LogP contribution in [0.3, 0.4) is 0 Å². The largest absolute Gasteiger partial charge is 0.378 e. The lowest BCUT2D eigenvalue weighted by Crippen LogP contribution is -2.37. The molecule has 1 saturated heterocycles. The zero-order valence-electron chi connectivity index (χ0n) is 18.1. The minimum atomic E-state index is 0.514. The summed E-state index contributed by atoms with van der Waals surface area (Å²) < 4.78 is 7.34. The van der Waals surface area contributed by atoms with Gasteiger partial charge in [-0.1, -0.05) is 35.9 Å². The molecule has 0 spiro atoms. The molecule has 0 bridgehead atoms. The van der Waals surface area contributed by atoms with E-state index in [0.29, 0.717) is 54.8 Å². The van der Waals surface area contributed by atoms with Crippen molar-refractivity contribution in [3.63, 3.8) is 0 Å². The van der Waals surface area contributed by atoms with Crippen LogP contribution in [0.4, 0.5) is 11.8 Å². The highest BCUT2D eigenvalue weighted by atomic mass is 16.5. The third kappa shape index (κ3) is 4.37. The Morgan fingerprint density at radius 2 is 1.97 bits per heavy atom. The maximum Gasteiger partial charge on any atom is 0.229 e. The zero-order chi connectivity index (χ0) is 22.6. The lowest BCUT2D eigenvalue weighted by atomic mass is 10.2. The number of nitriles is 1. The van der Waals surface area contributed by atoms with Crippen molar-refractivity contribution < 1.29 is 4.74 Å². The fraction of sp³-hybridized carbons (Fsp3) is 0.208. The first-order valence-corrected chi connectivity index (χ1v) is 10.7. The predicted molar refractivity (Wildman–Crippen MR) is 127 cm³/mol. The third-order valence-electron chi connectivity index (χ3n) is 5.36. The summed E-state index contributed by atoms with van der Waals surface area (Å²) in [6.45, 7) is 4.70. The second kappa shape index (κ2) is 9.06. The third-order valence-corrected chi connectivity index (χ3v) is 5.36. The number of hydrazone groups is 1. The number of hydrogen-bond acceptors (Lipinski definition) is 8. The molecule has 0 unspecified atom stereocenters. The Balaban J connectivity index is 1.56. The van der Waals surface area contributed by atoms with E-state index in [1.807, 2.05) is 41.8 Å². The van der Waals surface area contributed by atoms with Crippen molar-refractivity contribution in [1.29, 1.82) is 5.26 Å². The smallest absolute Gasteiger partial charge is 0.229 e. The minimum absolute atomic E-state index is 0.514. The number of aryl methyl sites for hydroxylation is 1. The number of anilines is 2. The Kier molecular flexibility index (Phi) is 5.66. The number of nitrogens with one attached hydrogen (secondary N) is 1. The molecule has 3 heterocycles. The highest BCUT2D eigenvalue weighted by Gasteiger charge is 2.19. The molecule has 0 atom stereocenters. The Morgan fingerprint density at radius 1 is 1.12 bits per heavy atom. The number of morpholine rings is 1. The van der Waals surface area contributed by atoms with E-state index in [4.69, 9.17) is 14.7 Å². The topological polar surface area (TPSA) is 104 Å². The van der Waals surface area contributed by atoms with Crippen molar-refractivity contribution >= 4 is 29.1 Å². The van der Waals surface area contributed by atoms with Gasteiger partial charge in [-0.2, -0.15) is 20.3 Å². The average Bonchev–Trinajstić information content (AvgIpc) is 3.29. The van der Waals surface area contributed by atoms with Crippen LogP contribution in [0.25, 0.3) is 16.9 Å². The maximum absolute atomic E-state index is 9.29. The van der Waals surface area contributed by atoms with Gasteiger partial charge in [0.15, 0.2) is 17.0 Å². The first-order valence-electron chi connectivity index (χ1n) is 10.7. The minimum Gasteiger partial charge on any atom is -0.378 e. The second-order valence-electron chi connectivity index (χ2n) is 7.70. The zero-order valence-corrected chi connectivity index (χ0v) is 18.1. The van der Waals surface area contributed by atoms with Crippen LogP contribution < -0.4 is 10.3 Å². The molecule has 0 aliphatic carbocycles. The molecule has 5 rings (SSSR count). The molecule has 1 aliphatic rings. The first kappa shape index (κ1) is 20.6. The van der Waals surface area contributed by atoms with Gasteiger partial charge in [-0.15, -0.1) is 0 Å². The quantitative estimate of drug-likeness (QED) is 0.377. The summed E-state index contributed by atoms with van der Waals surface area (Å²) in [5.74, 6) is 1.10. The molecule has 1 aliphatic heterocycles. The molecule has 9 heteroatoms. The van der Waals surface area contributed by atoms with Gasteiger partial charge < -0.3 is 9.64 Å². The van der Waals surface area contributed by atoms with Crippen LogP contribution in [-0.4, -0.2) is 52.0 Å². The lowest BCUT2D eigenvalue weighted by molar-refractivity contribution is 0.122. The van der Waals surface area contributed by atoms with Gasteiger partial charge in [-0.05, 0) is 30.7 Å². The maximum atomic E-state index is 9.29. The van der Waals surface area contributed by atoms with E-state index < -0.39 is 0 Å². The normalized spacial score (nSPS) is 14.0. The molecule has 0 amide bonds. The number of nitrogens with zero attached hydrogens (tertiary/aromatic N) is 7. The summed E-state index contributed by atoms with van der Waals surface area (Å²) in [6, 6.07) is 17.6. The number of hydrogen-bond donors (Lipinski definition) is 1. The molecule has 1 fully saturated rings. The van der Waals surface area contributed by atoms with Crippen LogP contribution in [0.1, 0.15) is 16.7 Å². The van der Waals surface area contributed by atoms with Gasteiger partial charge in [0, 0.05) is 18.8 Å². The van der Waals surface area contributed by atoms with Gasteiger partial charge in [-0.25, -0.2) is 4.98 Å². The van der Waals surface area contributed by atoms with E-state index in [9.17, 15) is 5.26 Å². The SMILES string of the molecule is Cc1cccc(/C=N/Nc2nc(N3CCOCC3)nc3c2ncn3-c2cccc(C#N)c2)c1. The molecule has 2 aromatic carbocycles. The van der Waals surface area contributed by atoms with E-state index in [2.05, 4.69) is 32.5 Å². The van der Waals surface area contributed by atoms with Gasteiger partial charge >= 0.3 is 0 Å². The number of fused-ring (bicyclic) bond motifs is 1. The summed E-state index contributed by atoms with van der Waals surface area (Å²) >= 11 is 0. The Bertz CT molecular complexity index is 1360. The predicted octanol–water partition coefficient (Wildman–Crippen LogP) is 3.28. The van der Waals surface area contributed by atoms with Crippen molar-refractivity contribution in [3.8, 4) is 11.8 Å². The summed E-state index contributed by atoms with van der Waals surface area (Å²) in [7, 11) is 0. The van der Waals surface area contributed by atoms with Crippen LogP contribution in [0.15, 0.2) is 60.0 Å². The van der Waals surface area contributed by atoms with E-state index >= 15 is 0 Å². The second-order valence-corrected chi connectivity index (χ2v) is 7.70. The fourth-order valence-corrected chi connectivity index (χ4v) is 3.70. The fourth-order valence-electron chi connectivity index (χ4n) is 3.70. The summed E-state index contributed by atoms with van der Waals surface area (Å²) in [5, 5.41) is 13.7. The van der Waals surface area contributed by atoms with Crippen LogP contribution in [0.5, 0.6) is 0 Å². The molecule has 1 N–H and O–H groups in total. The number of rotatable bonds is 5. The molecular weight excluding hydrogens is 416 g/mol. The van der Waals surface area contributed by atoms with Gasteiger partial charge in [0.05, 0.1) is 31.1 Å². The molecule has 9 nitrogen and oxygen atoms in total. The van der Waals surface area contributed by atoms with Gasteiger partial charge in [0.2, 0.25) is 5.95 Å². The number of benzene rings is 2. The van der Waals surface area contributed by atoms with Crippen LogP contribution in [0, 0.1) is 18.3 Å². The summed E-state index contributed by atoms with van der Waals surface area (Å²) in [5.41, 5.74) is 7.80. The first-order chi connectivity index (χ1) is 16.2. The number of imidazole rings is 1. The van der Waals surface area contributed by atoms with Gasteiger partial charge in [0.25, 0.3) is 0 Å². The molecule has 164 valence electrons. The number of aromatic nitrogens is 4. The Hall–Kier alpha value is -4.29. The summed E-state index contributed by atoms with van der Waals surface area (Å²) in [6.07, 6.45) is 3.44.